The van der Waals surface area contributed by atoms with Crippen molar-refractivity contribution in [2.75, 3.05) is 5.32 Å². The molecule has 0 spiro atoms. The Bertz CT molecular complexity index is 804. The molecule has 0 fully saturated rings. The largest absolute Gasteiger partial charge is 0.460 e. The maximum absolute atomic E-state index is 13.2. The number of halogens is 8. The third kappa shape index (κ3) is 3.76. The lowest BCUT2D eigenvalue weighted by Gasteiger charge is -2.26. The van der Waals surface area contributed by atoms with E-state index in [9.17, 15) is 35.5 Å². The SMILES string of the molecule is O=C(Nc1ccn(Cc2ccccc2Cl)n1)C(F)(F)C(F)(F)C(F)(F)F. The number of carbonyl (C=O) groups is 1. The van der Waals surface area contributed by atoms with Crippen LogP contribution < -0.4 is 5.32 Å². The number of rotatable bonds is 5. The summed E-state index contributed by atoms with van der Waals surface area (Å²) in [5, 5.41) is 5.22. The van der Waals surface area contributed by atoms with Crippen molar-refractivity contribution < 1.29 is 35.5 Å². The molecule has 0 unspecified atom stereocenters. The van der Waals surface area contributed by atoms with E-state index in [0.717, 1.165) is 10.7 Å². The lowest BCUT2D eigenvalue weighted by Crippen LogP contribution is -2.57. The van der Waals surface area contributed by atoms with Crippen LogP contribution in [0.2, 0.25) is 5.02 Å². The summed E-state index contributed by atoms with van der Waals surface area (Å²) in [4.78, 5) is 11.2. The van der Waals surface area contributed by atoms with Crippen molar-refractivity contribution in [3.63, 3.8) is 0 Å². The summed E-state index contributed by atoms with van der Waals surface area (Å²) >= 11 is 5.92. The van der Waals surface area contributed by atoms with Gasteiger partial charge in [-0.3, -0.25) is 9.48 Å². The van der Waals surface area contributed by atoms with Crippen molar-refractivity contribution >= 4 is 23.3 Å². The Kier molecular flexibility index (Phi) is 5.22. The number of nitrogens with zero attached hydrogens (tertiary/aromatic N) is 2. The molecule has 0 aliphatic heterocycles. The van der Waals surface area contributed by atoms with Gasteiger partial charge in [-0.1, -0.05) is 29.8 Å². The van der Waals surface area contributed by atoms with Gasteiger partial charge in [-0.2, -0.15) is 35.8 Å². The second-order valence-corrected chi connectivity index (χ2v) is 5.50. The second-order valence-electron chi connectivity index (χ2n) is 5.09. The van der Waals surface area contributed by atoms with Crippen LogP contribution in [0.4, 0.5) is 36.6 Å². The summed E-state index contributed by atoms with van der Waals surface area (Å²) in [6, 6.07) is 7.47. The van der Waals surface area contributed by atoms with E-state index >= 15 is 0 Å². The first-order valence-corrected chi connectivity index (χ1v) is 7.14. The van der Waals surface area contributed by atoms with E-state index in [-0.39, 0.29) is 6.54 Å². The highest BCUT2D eigenvalue weighted by atomic mass is 35.5. The van der Waals surface area contributed by atoms with E-state index in [1.54, 1.807) is 24.3 Å². The van der Waals surface area contributed by atoms with Gasteiger partial charge in [0.15, 0.2) is 5.82 Å². The minimum Gasteiger partial charge on any atom is -0.304 e. The number of hydrogen-bond donors (Lipinski definition) is 1. The van der Waals surface area contributed by atoms with Crippen molar-refractivity contribution in [1.82, 2.24) is 9.78 Å². The minimum atomic E-state index is -6.60. The third-order valence-electron chi connectivity index (χ3n) is 3.21. The Morgan fingerprint density at radius 1 is 1.08 bits per heavy atom. The van der Waals surface area contributed by atoms with E-state index in [4.69, 9.17) is 11.6 Å². The van der Waals surface area contributed by atoms with Crippen molar-refractivity contribution in [1.29, 1.82) is 0 Å². The molecule has 1 amide bonds. The first kappa shape index (κ1) is 20.0. The molecule has 0 aliphatic carbocycles. The molecule has 0 bridgehead atoms. The number of hydrogen-bond acceptors (Lipinski definition) is 2. The molecule has 1 heterocycles. The van der Waals surface area contributed by atoms with Gasteiger partial charge in [-0.25, -0.2) is 0 Å². The van der Waals surface area contributed by atoms with E-state index in [2.05, 4.69) is 5.10 Å². The lowest BCUT2D eigenvalue weighted by atomic mass is 10.1. The number of benzene rings is 1. The summed E-state index contributed by atoms with van der Waals surface area (Å²) in [5.74, 6) is -16.0. The van der Waals surface area contributed by atoms with E-state index in [1.165, 1.54) is 11.5 Å². The maximum Gasteiger partial charge on any atom is 0.460 e. The molecule has 1 N–H and O–H groups in total. The lowest BCUT2D eigenvalue weighted by molar-refractivity contribution is -0.343. The molecular formula is C14H9ClF7N3O. The van der Waals surface area contributed by atoms with Crippen LogP contribution in [0.1, 0.15) is 5.56 Å². The predicted octanol–water partition coefficient (Wildman–Crippen LogP) is 4.36. The molecule has 2 rings (SSSR count). The molecule has 0 aliphatic rings. The number of amides is 1. The summed E-state index contributed by atoms with van der Waals surface area (Å²) in [5.41, 5.74) is 0.573. The number of anilines is 1. The zero-order chi connectivity index (χ0) is 19.8. The molecule has 0 radical (unpaired) electrons. The Morgan fingerprint density at radius 2 is 1.69 bits per heavy atom. The molecule has 4 nitrogen and oxygen atoms in total. The Balaban J connectivity index is 2.13. The molecule has 0 saturated carbocycles. The van der Waals surface area contributed by atoms with Gasteiger partial charge in [0.1, 0.15) is 0 Å². The van der Waals surface area contributed by atoms with Crippen LogP contribution in [-0.2, 0) is 11.3 Å². The van der Waals surface area contributed by atoms with Crippen molar-refractivity contribution in [3.05, 3.63) is 47.1 Å². The molecule has 0 atom stereocenters. The van der Waals surface area contributed by atoms with Crippen LogP contribution in [0, 0.1) is 0 Å². The highest BCUT2D eigenvalue weighted by Crippen LogP contribution is 2.46. The number of carbonyl (C=O) groups excluding carboxylic acids is 1. The molecule has 2 aromatic rings. The topological polar surface area (TPSA) is 46.9 Å². The fourth-order valence-electron chi connectivity index (χ4n) is 1.83. The van der Waals surface area contributed by atoms with Crippen molar-refractivity contribution in [3.8, 4) is 0 Å². The molecule has 26 heavy (non-hydrogen) atoms. The highest BCUT2D eigenvalue weighted by molar-refractivity contribution is 6.31. The monoisotopic (exact) mass is 403 g/mol. The number of alkyl halides is 7. The first-order chi connectivity index (χ1) is 11.9. The number of nitrogens with one attached hydrogen (secondary N) is 1. The van der Waals surface area contributed by atoms with Crippen LogP contribution in [0.5, 0.6) is 0 Å². The summed E-state index contributed by atoms with van der Waals surface area (Å²) < 4.78 is 89.5. The highest BCUT2D eigenvalue weighted by Gasteiger charge is 2.76. The molecule has 12 heteroatoms. The van der Waals surface area contributed by atoms with Crippen LogP contribution in [0.3, 0.4) is 0 Å². The fourth-order valence-corrected chi connectivity index (χ4v) is 2.03. The van der Waals surface area contributed by atoms with E-state index in [1.807, 2.05) is 0 Å². The Morgan fingerprint density at radius 3 is 2.27 bits per heavy atom. The maximum atomic E-state index is 13.2. The smallest absolute Gasteiger partial charge is 0.304 e. The van der Waals surface area contributed by atoms with Gasteiger partial charge in [-0.05, 0) is 11.6 Å². The van der Waals surface area contributed by atoms with Crippen LogP contribution in [0.25, 0.3) is 0 Å². The third-order valence-corrected chi connectivity index (χ3v) is 3.58. The van der Waals surface area contributed by atoms with Gasteiger partial charge in [0, 0.05) is 17.3 Å². The molecule has 0 saturated heterocycles. The zero-order valence-corrected chi connectivity index (χ0v) is 13.3. The minimum absolute atomic E-state index is 0.0463. The Hall–Kier alpha value is -2.30. The van der Waals surface area contributed by atoms with Gasteiger partial charge in [0.25, 0.3) is 0 Å². The summed E-state index contributed by atoms with van der Waals surface area (Å²) in [6.07, 6.45) is -5.41. The molecular weight excluding hydrogens is 395 g/mol. The van der Waals surface area contributed by atoms with Gasteiger partial charge >= 0.3 is 23.9 Å². The molecule has 1 aromatic heterocycles. The normalized spacial score (nSPS) is 12.9. The standard InChI is InChI=1S/C14H9ClF7N3O/c15-9-4-2-1-3-8(9)7-25-6-5-10(24-25)23-11(26)12(16,17)13(18,19)14(20,21)22/h1-6H,7H2,(H,23,24,26). The van der Waals surface area contributed by atoms with E-state index < -0.39 is 29.7 Å². The first-order valence-electron chi connectivity index (χ1n) is 6.77. The molecule has 1 aromatic carbocycles. The van der Waals surface area contributed by atoms with Gasteiger partial charge < -0.3 is 5.32 Å². The zero-order valence-electron chi connectivity index (χ0n) is 12.5. The molecule has 142 valence electrons. The van der Waals surface area contributed by atoms with Crippen LogP contribution in [0.15, 0.2) is 36.5 Å². The number of aromatic nitrogens is 2. The average molecular weight is 404 g/mol. The van der Waals surface area contributed by atoms with Crippen molar-refractivity contribution in [2.45, 2.75) is 24.6 Å². The second kappa shape index (κ2) is 6.78. The fraction of sp³-hybridized carbons (Fsp3) is 0.286. The van der Waals surface area contributed by atoms with Crippen LogP contribution >= 0.6 is 11.6 Å². The summed E-state index contributed by atoms with van der Waals surface area (Å²) in [6.45, 7) is 0.0463. The van der Waals surface area contributed by atoms with Gasteiger partial charge in [0.2, 0.25) is 0 Å². The van der Waals surface area contributed by atoms with Gasteiger partial charge in [0.05, 0.1) is 6.54 Å². The van der Waals surface area contributed by atoms with Crippen LogP contribution in [-0.4, -0.2) is 33.7 Å². The van der Waals surface area contributed by atoms with E-state index in [0.29, 0.717) is 10.6 Å². The quantitative estimate of drug-likeness (QED) is 0.754. The summed E-state index contributed by atoms with van der Waals surface area (Å²) in [7, 11) is 0. The van der Waals surface area contributed by atoms with Gasteiger partial charge in [-0.15, -0.1) is 0 Å². The Labute approximate surface area is 146 Å². The predicted molar refractivity (Wildman–Crippen MR) is 77.4 cm³/mol. The average Bonchev–Trinajstić information content (AvgIpc) is 2.95. The van der Waals surface area contributed by atoms with Crippen molar-refractivity contribution in [2.24, 2.45) is 0 Å².